The first-order valence-electron chi connectivity index (χ1n) is 6.35. The van der Waals surface area contributed by atoms with Gasteiger partial charge in [0, 0.05) is 26.1 Å². The van der Waals surface area contributed by atoms with Crippen LogP contribution in [0.2, 0.25) is 0 Å². The van der Waals surface area contributed by atoms with Gasteiger partial charge in [0.2, 0.25) is 17.7 Å². The van der Waals surface area contributed by atoms with Gasteiger partial charge in [0.1, 0.15) is 6.04 Å². The summed E-state index contributed by atoms with van der Waals surface area (Å²) >= 11 is 0. The highest BCUT2D eigenvalue weighted by Gasteiger charge is 2.30. The van der Waals surface area contributed by atoms with Crippen molar-refractivity contribution in [2.24, 2.45) is 5.92 Å². The van der Waals surface area contributed by atoms with Crippen molar-refractivity contribution in [2.75, 3.05) is 19.6 Å². The number of amides is 3. The Balaban J connectivity index is 2.48. The quantitative estimate of drug-likeness (QED) is 0.695. The van der Waals surface area contributed by atoms with Crippen LogP contribution in [0.3, 0.4) is 0 Å². The predicted octanol–water partition coefficient (Wildman–Crippen LogP) is -0.504. The average Bonchev–Trinajstić information content (AvgIpc) is 2.77. The molecule has 0 aromatic carbocycles. The standard InChI is InChI=1S/C12H21N3O3/c1-4-15(5-2)12(18)8(3)14-11(17)9-6-10(16)13-7-9/h8-9H,4-7H2,1-3H3,(H,13,16)(H,14,17). The fourth-order valence-corrected chi connectivity index (χ4v) is 1.99. The minimum Gasteiger partial charge on any atom is -0.355 e. The Morgan fingerprint density at radius 1 is 1.44 bits per heavy atom. The number of nitrogens with zero attached hydrogens (tertiary/aromatic N) is 1. The van der Waals surface area contributed by atoms with E-state index >= 15 is 0 Å². The Kier molecular flexibility index (Phi) is 5.12. The highest BCUT2D eigenvalue weighted by atomic mass is 16.2. The Morgan fingerprint density at radius 3 is 2.50 bits per heavy atom. The molecule has 2 N–H and O–H groups in total. The van der Waals surface area contributed by atoms with Gasteiger partial charge in [-0.1, -0.05) is 0 Å². The SMILES string of the molecule is CCN(CC)C(=O)C(C)NC(=O)C1CNC(=O)C1. The van der Waals surface area contributed by atoms with Crippen molar-refractivity contribution in [1.82, 2.24) is 15.5 Å². The van der Waals surface area contributed by atoms with Crippen LogP contribution in [-0.2, 0) is 14.4 Å². The third kappa shape index (κ3) is 3.45. The molecule has 1 rings (SSSR count). The molecule has 102 valence electrons. The molecule has 1 heterocycles. The summed E-state index contributed by atoms with van der Waals surface area (Å²) in [5.41, 5.74) is 0. The summed E-state index contributed by atoms with van der Waals surface area (Å²) in [6.45, 7) is 7.07. The summed E-state index contributed by atoms with van der Waals surface area (Å²) < 4.78 is 0. The van der Waals surface area contributed by atoms with Gasteiger partial charge in [-0.05, 0) is 20.8 Å². The van der Waals surface area contributed by atoms with E-state index in [9.17, 15) is 14.4 Å². The van der Waals surface area contributed by atoms with Crippen LogP contribution in [0.25, 0.3) is 0 Å². The molecule has 6 nitrogen and oxygen atoms in total. The number of nitrogens with one attached hydrogen (secondary N) is 2. The molecule has 18 heavy (non-hydrogen) atoms. The maximum absolute atomic E-state index is 11.9. The van der Waals surface area contributed by atoms with E-state index in [1.807, 2.05) is 13.8 Å². The maximum atomic E-state index is 11.9. The topological polar surface area (TPSA) is 78.5 Å². The zero-order valence-electron chi connectivity index (χ0n) is 11.2. The molecule has 2 atom stereocenters. The monoisotopic (exact) mass is 255 g/mol. The van der Waals surface area contributed by atoms with Crippen LogP contribution in [0.5, 0.6) is 0 Å². The molecule has 0 saturated carbocycles. The molecule has 2 unspecified atom stereocenters. The van der Waals surface area contributed by atoms with Crippen LogP contribution in [0.15, 0.2) is 0 Å². The summed E-state index contributed by atoms with van der Waals surface area (Å²) in [6, 6.07) is -0.548. The van der Waals surface area contributed by atoms with Crippen LogP contribution < -0.4 is 10.6 Å². The van der Waals surface area contributed by atoms with Gasteiger partial charge in [-0.25, -0.2) is 0 Å². The van der Waals surface area contributed by atoms with Gasteiger partial charge >= 0.3 is 0 Å². The molecule has 1 aliphatic heterocycles. The lowest BCUT2D eigenvalue weighted by molar-refractivity contribution is -0.136. The molecule has 6 heteroatoms. The number of hydrogen-bond donors (Lipinski definition) is 2. The first kappa shape index (κ1) is 14.5. The van der Waals surface area contributed by atoms with E-state index in [0.29, 0.717) is 19.6 Å². The van der Waals surface area contributed by atoms with Gasteiger partial charge in [-0.15, -0.1) is 0 Å². The van der Waals surface area contributed by atoms with Crippen molar-refractivity contribution in [2.45, 2.75) is 33.2 Å². The van der Waals surface area contributed by atoms with Crippen LogP contribution in [0.1, 0.15) is 27.2 Å². The Bertz CT molecular complexity index is 339. The molecule has 1 fully saturated rings. The largest absolute Gasteiger partial charge is 0.355 e. The predicted molar refractivity (Wildman–Crippen MR) is 66.6 cm³/mol. The first-order chi connectivity index (χ1) is 8.49. The van der Waals surface area contributed by atoms with Crippen molar-refractivity contribution in [3.05, 3.63) is 0 Å². The van der Waals surface area contributed by atoms with Crippen molar-refractivity contribution in [1.29, 1.82) is 0 Å². The number of carbonyl (C=O) groups is 3. The van der Waals surface area contributed by atoms with Crippen LogP contribution in [0, 0.1) is 5.92 Å². The molecule has 0 aromatic heterocycles. The summed E-state index contributed by atoms with van der Waals surface area (Å²) in [5, 5.41) is 5.27. The average molecular weight is 255 g/mol. The molecule has 0 spiro atoms. The third-order valence-electron chi connectivity index (χ3n) is 3.15. The maximum Gasteiger partial charge on any atom is 0.244 e. The second kappa shape index (κ2) is 6.37. The third-order valence-corrected chi connectivity index (χ3v) is 3.15. The fraction of sp³-hybridized carbons (Fsp3) is 0.750. The van der Waals surface area contributed by atoms with E-state index in [2.05, 4.69) is 10.6 Å². The van der Waals surface area contributed by atoms with Crippen LogP contribution in [-0.4, -0.2) is 48.3 Å². The molecule has 0 bridgehead atoms. The van der Waals surface area contributed by atoms with E-state index in [1.165, 1.54) is 0 Å². The molecule has 1 aliphatic rings. The Hall–Kier alpha value is -1.59. The van der Waals surface area contributed by atoms with Crippen molar-refractivity contribution < 1.29 is 14.4 Å². The summed E-state index contributed by atoms with van der Waals surface area (Å²) in [5.74, 6) is -0.797. The van der Waals surface area contributed by atoms with E-state index in [-0.39, 0.29) is 30.1 Å². The van der Waals surface area contributed by atoms with Gasteiger partial charge in [-0.2, -0.15) is 0 Å². The van der Waals surface area contributed by atoms with Gasteiger partial charge in [-0.3, -0.25) is 14.4 Å². The van der Waals surface area contributed by atoms with E-state index < -0.39 is 6.04 Å². The number of carbonyl (C=O) groups excluding carboxylic acids is 3. The highest BCUT2D eigenvalue weighted by molar-refractivity contribution is 5.92. The van der Waals surface area contributed by atoms with Gasteiger partial charge in [0.15, 0.2) is 0 Å². The van der Waals surface area contributed by atoms with Crippen LogP contribution in [0.4, 0.5) is 0 Å². The second-order valence-electron chi connectivity index (χ2n) is 4.45. The minimum absolute atomic E-state index is 0.0920. The molecule has 1 saturated heterocycles. The fourth-order valence-electron chi connectivity index (χ4n) is 1.99. The van der Waals surface area contributed by atoms with Gasteiger partial charge in [0.25, 0.3) is 0 Å². The van der Waals surface area contributed by atoms with E-state index in [1.54, 1.807) is 11.8 Å². The Morgan fingerprint density at radius 2 is 2.06 bits per heavy atom. The Labute approximate surface area is 107 Å². The summed E-state index contributed by atoms with van der Waals surface area (Å²) in [6.07, 6.45) is 0.206. The van der Waals surface area contributed by atoms with Crippen LogP contribution >= 0.6 is 0 Å². The lowest BCUT2D eigenvalue weighted by Gasteiger charge is -2.24. The zero-order valence-corrected chi connectivity index (χ0v) is 11.2. The number of rotatable bonds is 5. The van der Waals surface area contributed by atoms with Crippen molar-refractivity contribution in [3.63, 3.8) is 0 Å². The number of likely N-dealkylation sites (N-methyl/N-ethyl adjacent to an activating group) is 1. The van der Waals surface area contributed by atoms with Crippen molar-refractivity contribution >= 4 is 17.7 Å². The molecule has 0 aliphatic carbocycles. The zero-order chi connectivity index (χ0) is 13.7. The molecule has 0 aromatic rings. The normalized spacial score (nSPS) is 20.2. The molecular weight excluding hydrogens is 234 g/mol. The summed E-state index contributed by atoms with van der Waals surface area (Å²) in [7, 11) is 0. The van der Waals surface area contributed by atoms with Gasteiger partial charge < -0.3 is 15.5 Å². The first-order valence-corrected chi connectivity index (χ1v) is 6.35. The highest BCUT2D eigenvalue weighted by Crippen LogP contribution is 2.09. The summed E-state index contributed by atoms with van der Waals surface area (Å²) in [4.78, 5) is 36.5. The lowest BCUT2D eigenvalue weighted by atomic mass is 10.1. The van der Waals surface area contributed by atoms with Crippen molar-refractivity contribution in [3.8, 4) is 0 Å². The lowest BCUT2D eigenvalue weighted by Crippen LogP contribution is -2.48. The number of hydrogen-bond acceptors (Lipinski definition) is 3. The second-order valence-corrected chi connectivity index (χ2v) is 4.45. The smallest absolute Gasteiger partial charge is 0.244 e. The molecule has 3 amide bonds. The van der Waals surface area contributed by atoms with E-state index in [4.69, 9.17) is 0 Å². The molecule has 0 radical (unpaired) electrons. The minimum atomic E-state index is -0.548. The van der Waals surface area contributed by atoms with E-state index in [0.717, 1.165) is 0 Å². The van der Waals surface area contributed by atoms with Gasteiger partial charge in [0.05, 0.1) is 5.92 Å². The molecular formula is C12H21N3O3.